The van der Waals surface area contributed by atoms with E-state index in [1.54, 1.807) is 0 Å². The average molecular weight is 634 g/mol. The second-order valence-electron chi connectivity index (χ2n) is 18.1. The highest BCUT2D eigenvalue weighted by Gasteiger charge is 2.71. The number of allylic oxidation sites excluding steroid dienone is 2. The van der Waals surface area contributed by atoms with Crippen molar-refractivity contribution in [2.45, 2.75) is 149 Å². The van der Waals surface area contributed by atoms with Gasteiger partial charge in [0.1, 0.15) is 24.4 Å². The van der Waals surface area contributed by atoms with E-state index in [0.29, 0.717) is 24.7 Å². The summed E-state index contributed by atoms with van der Waals surface area (Å²) in [5.41, 5.74) is -0.413. The van der Waals surface area contributed by atoms with Gasteiger partial charge in [-0.05, 0) is 103 Å². The van der Waals surface area contributed by atoms with Gasteiger partial charge in [0.15, 0.2) is 6.23 Å². The monoisotopic (exact) mass is 633 g/mol. The zero-order valence-corrected chi connectivity index (χ0v) is 28.4. The maximum absolute atomic E-state index is 14.5. The molecule has 4 saturated carbocycles. The van der Waals surface area contributed by atoms with Crippen LogP contribution in [0.5, 0.6) is 0 Å². The number of fused-ring (bicyclic) bond motifs is 7. The van der Waals surface area contributed by atoms with Gasteiger partial charge in [0.05, 0.1) is 24.2 Å². The molecule has 6 rings (SSSR count). The summed E-state index contributed by atoms with van der Waals surface area (Å²) in [7, 11) is 0. The van der Waals surface area contributed by atoms with Gasteiger partial charge < -0.3 is 40.7 Å². The summed E-state index contributed by atoms with van der Waals surface area (Å²) in [5, 5.41) is 67.4. The van der Waals surface area contributed by atoms with Crippen LogP contribution in [0, 0.1) is 50.2 Å². The first-order valence-corrected chi connectivity index (χ1v) is 17.5. The number of rotatable bonds is 3. The Morgan fingerprint density at radius 3 is 2.20 bits per heavy atom. The van der Waals surface area contributed by atoms with Crippen molar-refractivity contribution in [2.75, 3.05) is 6.61 Å². The quantitative estimate of drug-likeness (QED) is 0.234. The lowest BCUT2D eigenvalue weighted by Gasteiger charge is -2.71. The van der Waals surface area contributed by atoms with E-state index in [1.165, 1.54) is 5.57 Å². The van der Waals surface area contributed by atoms with Crippen molar-refractivity contribution < 1.29 is 40.2 Å². The van der Waals surface area contributed by atoms with E-state index in [1.807, 2.05) is 0 Å². The van der Waals surface area contributed by atoms with Crippen LogP contribution in [-0.2, 0) is 9.53 Å². The highest BCUT2D eigenvalue weighted by molar-refractivity contribution is 5.85. The van der Waals surface area contributed by atoms with E-state index in [9.17, 15) is 35.4 Å². The molecule has 1 aliphatic heterocycles. The highest BCUT2D eigenvalue weighted by atomic mass is 16.6. The van der Waals surface area contributed by atoms with E-state index in [-0.39, 0.29) is 39.1 Å². The maximum Gasteiger partial charge on any atom is 0.231 e. The molecule has 0 aromatic rings. The van der Waals surface area contributed by atoms with Gasteiger partial charge in [-0.3, -0.25) is 4.79 Å². The summed E-state index contributed by atoms with van der Waals surface area (Å²) in [6.07, 6.45) is 1.21. The van der Waals surface area contributed by atoms with Gasteiger partial charge in [-0.2, -0.15) is 0 Å². The van der Waals surface area contributed by atoms with E-state index in [2.05, 4.69) is 59.9 Å². The van der Waals surface area contributed by atoms with Crippen molar-refractivity contribution in [3.63, 3.8) is 0 Å². The van der Waals surface area contributed by atoms with Crippen LogP contribution >= 0.6 is 0 Å². The minimum absolute atomic E-state index is 0.0404. The van der Waals surface area contributed by atoms with Crippen LogP contribution in [0.1, 0.15) is 106 Å². The number of nitrogens with one attached hydrogen (secondary N) is 1. The molecule has 0 aromatic heterocycles. The molecule has 5 fully saturated rings. The second kappa shape index (κ2) is 10.7. The lowest BCUT2D eigenvalue weighted by Crippen LogP contribution is -2.70. The average Bonchev–Trinajstić information content (AvgIpc) is 2.95. The summed E-state index contributed by atoms with van der Waals surface area (Å²) in [6.45, 7) is 15.6. The Kier molecular flexibility index (Phi) is 8.05. The molecule has 1 heterocycles. The largest absolute Gasteiger partial charge is 0.394 e. The van der Waals surface area contributed by atoms with Crippen molar-refractivity contribution in [2.24, 2.45) is 50.2 Å². The first kappa shape index (κ1) is 33.8. The number of amides is 1. The Bertz CT molecular complexity index is 1220. The van der Waals surface area contributed by atoms with Crippen LogP contribution in [0.15, 0.2) is 11.6 Å². The fourth-order valence-electron chi connectivity index (χ4n) is 12.2. The Labute approximate surface area is 268 Å². The number of carbonyl (C=O) groups excluding carboxylic acids is 1. The number of hydrogen-bond donors (Lipinski definition) is 7. The minimum Gasteiger partial charge on any atom is -0.394 e. The van der Waals surface area contributed by atoms with Crippen molar-refractivity contribution in [1.29, 1.82) is 0 Å². The van der Waals surface area contributed by atoms with E-state index < -0.39 is 54.7 Å². The molecule has 9 heteroatoms. The SMILES string of the molecule is CC1(C)CC[C@@]2(C(=O)N[C@H]3OC(CO)[C@@H](O)[C@@H](O)C3O)C(C1)C1=CCC3[C@@]4(C)CC[C@H](O)C(C)(C)C4CC[C@@]3(C)[C@]1(C)C[C@H]2O. The summed E-state index contributed by atoms with van der Waals surface area (Å²) in [5.74, 6) is 0.181. The van der Waals surface area contributed by atoms with Crippen LogP contribution in [0.2, 0.25) is 0 Å². The smallest absolute Gasteiger partial charge is 0.231 e. The van der Waals surface area contributed by atoms with Gasteiger partial charge in [0, 0.05) is 0 Å². The lowest BCUT2D eigenvalue weighted by atomic mass is 9.33. The summed E-state index contributed by atoms with van der Waals surface area (Å²) in [4.78, 5) is 14.5. The minimum atomic E-state index is -1.60. The van der Waals surface area contributed by atoms with Crippen LogP contribution < -0.4 is 5.32 Å². The summed E-state index contributed by atoms with van der Waals surface area (Å²) >= 11 is 0. The van der Waals surface area contributed by atoms with E-state index >= 15 is 0 Å². The molecule has 0 bridgehead atoms. The van der Waals surface area contributed by atoms with Gasteiger partial charge >= 0.3 is 0 Å². The normalized spacial score (nSPS) is 53.6. The molecular formula is C36H59NO8. The van der Waals surface area contributed by atoms with Crippen molar-refractivity contribution in [1.82, 2.24) is 5.32 Å². The molecule has 1 saturated heterocycles. The predicted octanol–water partition coefficient (Wildman–Crippen LogP) is 3.04. The highest BCUT2D eigenvalue weighted by Crippen LogP contribution is 2.75. The third-order valence-electron chi connectivity index (χ3n) is 15.3. The third-order valence-corrected chi connectivity index (χ3v) is 15.3. The fourth-order valence-corrected chi connectivity index (χ4v) is 12.2. The van der Waals surface area contributed by atoms with Gasteiger partial charge in [0.2, 0.25) is 5.91 Å². The standard InChI is InChI=1S/C36H59NO8/c1-31(2)14-15-36(30(44)37-29-28(43)27(42)26(41)21(18-38)45-29)20(16-31)19-8-9-23-33(5)12-11-24(39)32(3,4)22(33)10-13-34(23,6)35(19,7)17-25(36)40/h8,20-29,38-43H,9-18H2,1-7H3,(H,37,44)/t20?,21?,22?,23?,24-,25+,26+,27+,28?,29-,33-,34+,35+,36+/m0/s1. The third kappa shape index (κ3) is 4.54. The van der Waals surface area contributed by atoms with Crippen molar-refractivity contribution in [3.05, 3.63) is 11.6 Å². The lowest BCUT2D eigenvalue weighted by molar-refractivity contribution is -0.240. The zero-order chi connectivity index (χ0) is 33.1. The molecule has 14 atom stereocenters. The molecule has 256 valence electrons. The maximum atomic E-state index is 14.5. The first-order valence-electron chi connectivity index (χ1n) is 17.5. The first-order chi connectivity index (χ1) is 20.8. The molecule has 5 aliphatic carbocycles. The molecule has 9 nitrogen and oxygen atoms in total. The molecule has 1 amide bonds. The van der Waals surface area contributed by atoms with Crippen molar-refractivity contribution >= 4 is 5.91 Å². The topological polar surface area (TPSA) is 160 Å². The van der Waals surface area contributed by atoms with Crippen LogP contribution in [0.4, 0.5) is 0 Å². The van der Waals surface area contributed by atoms with Crippen molar-refractivity contribution in [3.8, 4) is 0 Å². The summed E-state index contributed by atoms with van der Waals surface area (Å²) in [6, 6.07) is 0. The van der Waals surface area contributed by atoms with Gasteiger partial charge in [-0.1, -0.05) is 60.1 Å². The molecule has 6 aliphatic rings. The van der Waals surface area contributed by atoms with Gasteiger partial charge in [0.25, 0.3) is 0 Å². The number of carbonyl (C=O) groups is 1. The molecule has 0 radical (unpaired) electrons. The van der Waals surface area contributed by atoms with E-state index in [0.717, 1.165) is 44.9 Å². The Morgan fingerprint density at radius 2 is 1.53 bits per heavy atom. The van der Waals surface area contributed by atoms with Crippen LogP contribution in [0.3, 0.4) is 0 Å². The molecule has 45 heavy (non-hydrogen) atoms. The number of aliphatic hydroxyl groups is 6. The predicted molar refractivity (Wildman–Crippen MR) is 168 cm³/mol. The molecule has 5 unspecified atom stereocenters. The number of aliphatic hydroxyl groups excluding tert-OH is 6. The van der Waals surface area contributed by atoms with Crippen LogP contribution in [0.25, 0.3) is 0 Å². The van der Waals surface area contributed by atoms with E-state index in [4.69, 9.17) is 4.74 Å². The molecule has 0 aromatic carbocycles. The number of ether oxygens (including phenoxy) is 1. The summed E-state index contributed by atoms with van der Waals surface area (Å²) < 4.78 is 5.69. The van der Waals surface area contributed by atoms with Gasteiger partial charge in [-0.25, -0.2) is 0 Å². The molecule has 0 spiro atoms. The Morgan fingerprint density at radius 1 is 0.844 bits per heavy atom. The Balaban J connectivity index is 1.38. The molecular weight excluding hydrogens is 574 g/mol. The number of hydrogen-bond acceptors (Lipinski definition) is 8. The second-order valence-corrected chi connectivity index (χ2v) is 18.1. The van der Waals surface area contributed by atoms with Crippen LogP contribution in [-0.4, -0.2) is 86.0 Å². The zero-order valence-electron chi connectivity index (χ0n) is 28.4. The fraction of sp³-hybridized carbons (Fsp3) is 0.917. The molecule has 7 N–H and O–H groups in total. The van der Waals surface area contributed by atoms with Gasteiger partial charge in [-0.15, -0.1) is 0 Å². The Hall–Kier alpha value is -1.07.